The van der Waals surface area contributed by atoms with Gasteiger partial charge < -0.3 is 61.4 Å². The number of hydrogen-bond acceptors (Lipinski definition) is 30. The summed E-state index contributed by atoms with van der Waals surface area (Å²) in [5.74, 6) is -6.88. The highest BCUT2D eigenvalue weighted by Crippen LogP contribution is 2.55. The Morgan fingerprint density at radius 3 is 1.03 bits per heavy atom. The van der Waals surface area contributed by atoms with Crippen LogP contribution in [-0.4, -0.2) is 211 Å². The zero-order valence-corrected chi connectivity index (χ0v) is 63.8. The molecule has 0 saturated carbocycles. The highest BCUT2D eigenvalue weighted by molar-refractivity contribution is 6.23. The Balaban J connectivity index is 0.000000122. The number of carbonyl (C=O) groups excluding carboxylic acids is 12. The molecule has 9 fully saturated rings. The minimum absolute atomic E-state index is 0.0331. The lowest BCUT2D eigenvalue weighted by Gasteiger charge is -2.55. The number of halogens is 3. The van der Waals surface area contributed by atoms with Crippen molar-refractivity contribution in [1.29, 1.82) is 0 Å². The van der Waals surface area contributed by atoms with Gasteiger partial charge in [-0.15, -0.1) is 0 Å². The van der Waals surface area contributed by atoms with Gasteiger partial charge in [0.2, 0.25) is 52.2 Å². The number of cyclic esters (lactones) is 3. The number of carbonyl (C=O) groups is 12. The lowest BCUT2D eigenvalue weighted by Crippen LogP contribution is -2.75. The lowest BCUT2D eigenvalue weighted by molar-refractivity contribution is -0.154. The number of benzene rings is 3. The SMILES string of the molecule is CO[C@H](C)[C@H]1COC(=O)N1c1noc2c(F)c3c(cc12)CC1(C(=O)NC(=O)NC1=O)[C@H]1[C@H](C)O[C@H](C)CN31.C[C@@H]1CN2c3c(cc4c(N5C(=O)OC[C@@H]5c5ccncc5)noc4c3F)CC3(C(=O)NC(=O)NC3=O)[C@H]2[C@H](C)O1.C[C@@H]1CN2c3c(cc4c(N5C(=O)OC[C@H]5c5ccncc5)noc4c3F)CC3(C(=O)NC(=O)NC3=O)[C@H]2[C@H](C)O1. The first kappa shape index (κ1) is 76.3. The number of barbiturate groups is 3. The van der Waals surface area contributed by atoms with E-state index in [4.69, 9.17) is 46.7 Å². The van der Waals surface area contributed by atoms with Gasteiger partial charge in [-0.3, -0.25) is 70.6 Å². The van der Waals surface area contributed by atoms with Crippen LogP contribution >= 0.6 is 0 Å². The van der Waals surface area contributed by atoms with Crippen molar-refractivity contribution in [3.05, 3.63) is 113 Å². The number of anilines is 6. The number of ether oxygens (including phenoxy) is 7. The minimum atomic E-state index is -1.79. The number of rotatable bonds is 7. The van der Waals surface area contributed by atoms with Crippen LogP contribution in [0.4, 0.5) is 76.5 Å². The van der Waals surface area contributed by atoms with E-state index in [9.17, 15) is 57.5 Å². The van der Waals surface area contributed by atoms with Gasteiger partial charge in [-0.25, -0.2) is 56.6 Å². The highest BCUT2D eigenvalue weighted by Gasteiger charge is 2.67. The van der Waals surface area contributed by atoms with Crippen LogP contribution in [0.25, 0.3) is 32.9 Å². The van der Waals surface area contributed by atoms with Gasteiger partial charge >= 0.3 is 36.4 Å². The number of fused-ring (bicyclic) bond motifs is 15. The normalized spacial score (nSPS) is 28.0. The summed E-state index contributed by atoms with van der Waals surface area (Å²) in [7, 11) is 1.49. The third kappa shape index (κ3) is 11.3. The average molecular weight is 1630 g/mol. The second-order valence-corrected chi connectivity index (χ2v) is 31.1. The fraction of sp³-hybridized carbons (Fsp3) is 0.434. The van der Waals surface area contributed by atoms with Crippen LogP contribution in [0.1, 0.15) is 88.4 Å². The number of imide groups is 6. The van der Waals surface area contributed by atoms with E-state index >= 15 is 13.2 Å². The van der Waals surface area contributed by atoms with Gasteiger partial charge in [0.25, 0.3) is 0 Å². The predicted octanol–water partition coefficient (Wildman–Crippen LogP) is 5.12. The average Bonchev–Trinajstić information content (AvgIpc) is 1.14. The Kier molecular flexibility index (Phi) is 18.0. The maximum Gasteiger partial charge on any atom is 0.416 e. The van der Waals surface area contributed by atoms with E-state index in [1.54, 1.807) is 130 Å². The first-order valence-corrected chi connectivity index (χ1v) is 37.8. The molecular formula is C76H72F3N17O22. The van der Waals surface area contributed by atoms with Crippen molar-refractivity contribution in [3.63, 3.8) is 0 Å². The smallest absolute Gasteiger partial charge is 0.416 e. The standard InChI is InChI=1S/2C26H23FN6O7.C24H26FN5O8/c2*1-11-9-32-18-14(8-26(20(32)12(2)39-11)22(34)29-24(36)30-23(26)35)7-15-19(17(18)27)40-31-21(15)33-16(10-38-25(33)37)13-3-5-28-6-4-13;1-9-7-29-16-12(6-24(18(29)11(3)37-9)20(31)26-22(33)27-21(24)32)5-13-17(15(16)25)38-28-19(13)30-14(10(2)35-4)8-36-23(30)34/h2*3-7,11-12,16,20H,8-10H2,1-2H3,(H2,29,30,34,35,36);5,9-11,14,18H,6-8H2,1-4H3,(H2,26,27,31,32,33)/t11-,12+,16+,20-;11-,12+,16-,20-;9-,10-,11+,14-,18-/m111/s1. The summed E-state index contributed by atoms with van der Waals surface area (Å²) in [5, 5.41) is 25.9. The molecule has 17 heterocycles. The van der Waals surface area contributed by atoms with Crippen LogP contribution in [0.3, 0.4) is 0 Å². The second-order valence-electron chi connectivity index (χ2n) is 31.1. The van der Waals surface area contributed by atoms with Crippen LogP contribution in [0.5, 0.6) is 0 Å². The quantitative estimate of drug-likeness (QED) is 0.0890. The molecule has 20 rings (SSSR count). The molecular weight excluding hydrogens is 1560 g/mol. The number of morpholine rings is 3. The molecule has 0 aliphatic carbocycles. The molecule has 39 nitrogen and oxygen atoms in total. The Morgan fingerprint density at radius 1 is 0.432 bits per heavy atom. The molecule has 12 aliphatic heterocycles. The van der Waals surface area contributed by atoms with Gasteiger partial charge in [-0.2, -0.15) is 0 Å². The van der Waals surface area contributed by atoms with Crippen molar-refractivity contribution in [3.8, 4) is 0 Å². The van der Waals surface area contributed by atoms with E-state index in [0.717, 1.165) is 11.1 Å². The largest absolute Gasteiger partial charge is 0.447 e. The maximum absolute atomic E-state index is 16.4. The Hall–Kier alpha value is -13.0. The van der Waals surface area contributed by atoms with E-state index in [1.807, 2.05) is 0 Å². The molecule has 9 saturated heterocycles. The predicted molar refractivity (Wildman–Crippen MR) is 394 cm³/mol. The number of amides is 15. The molecule has 12 aliphatic rings. The van der Waals surface area contributed by atoms with Crippen molar-refractivity contribution in [2.75, 3.05) is 76.0 Å². The molecule has 0 radical (unpaired) electrons. The minimum Gasteiger partial charge on any atom is -0.447 e. The topological polar surface area (TPSA) is 465 Å². The first-order valence-electron chi connectivity index (χ1n) is 37.8. The van der Waals surface area contributed by atoms with Crippen molar-refractivity contribution in [2.45, 2.75) is 147 Å². The molecule has 3 spiro atoms. The van der Waals surface area contributed by atoms with Gasteiger partial charge in [0.05, 0.1) is 94.1 Å². The van der Waals surface area contributed by atoms with Crippen molar-refractivity contribution < 1.29 is 117 Å². The second kappa shape index (κ2) is 27.9. The molecule has 13 atom stereocenters. The number of pyridine rings is 2. The van der Waals surface area contributed by atoms with Crippen molar-refractivity contribution in [2.24, 2.45) is 16.2 Å². The third-order valence-corrected chi connectivity index (χ3v) is 24.3. The van der Waals surface area contributed by atoms with E-state index in [2.05, 4.69) is 57.3 Å². The molecule has 6 N–H and O–H groups in total. The monoisotopic (exact) mass is 1630 g/mol. The van der Waals surface area contributed by atoms with Crippen LogP contribution in [0, 0.1) is 33.7 Å². The molecule has 0 bridgehead atoms. The Morgan fingerprint density at radius 2 is 0.720 bits per heavy atom. The van der Waals surface area contributed by atoms with Gasteiger partial charge in [-0.05, 0) is 119 Å². The van der Waals surface area contributed by atoms with Gasteiger partial charge in [0.15, 0.2) is 51.2 Å². The van der Waals surface area contributed by atoms with E-state index < -0.39 is 166 Å². The van der Waals surface area contributed by atoms with Crippen LogP contribution < -0.4 is 61.3 Å². The van der Waals surface area contributed by atoms with Gasteiger partial charge in [0, 0.05) is 70.8 Å². The van der Waals surface area contributed by atoms with Crippen LogP contribution in [0.2, 0.25) is 0 Å². The van der Waals surface area contributed by atoms with Gasteiger partial charge in [0.1, 0.15) is 37.9 Å². The van der Waals surface area contributed by atoms with Crippen LogP contribution in [-0.2, 0) is 81.2 Å². The summed E-state index contributed by atoms with van der Waals surface area (Å²) in [6.07, 6.45) is 0.0986. The fourth-order valence-corrected chi connectivity index (χ4v) is 19.5. The van der Waals surface area contributed by atoms with Gasteiger partial charge in [-0.1, -0.05) is 15.5 Å². The molecule has 8 aromatic rings. The molecule has 0 unspecified atom stereocenters. The van der Waals surface area contributed by atoms with Crippen molar-refractivity contribution in [1.82, 2.24) is 57.3 Å². The van der Waals surface area contributed by atoms with Crippen molar-refractivity contribution >= 4 is 139 Å². The van der Waals surface area contributed by atoms with Crippen LogP contribution in [0.15, 0.2) is 80.8 Å². The van der Waals surface area contributed by atoms with E-state index in [1.165, 1.54) is 21.8 Å². The molecule has 42 heteroatoms. The molecule has 118 heavy (non-hydrogen) atoms. The summed E-state index contributed by atoms with van der Waals surface area (Å²) in [4.78, 5) is 171. The first-order chi connectivity index (χ1) is 56.5. The summed E-state index contributed by atoms with van der Waals surface area (Å²) in [6.45, 7) is 12.9. The third-order valence-electron chi connectivity index (χ3n) is 24.3. The summed E-state index contributed by atoms with van der Waals surface area (Å²) < 4.78 is 105. The summed E-state index contributed by atoms with van der Waals surface area (Å²) >= 11 is 0. The zero-order valence-electron chi connectivity index (χ0n) is 63.8. The number of methoxy groups -OCH3 is 1. The molecule has 614 valence electrons. The van der Waals surface area contributed by atoms with E-state index in [-0.39, 0.29) is 144 Å². The Bertz CT molecular complexity index is 5400. The number of aromatic nitrogens is 5. The number of nitrogens with one attached hydrogen (secondary N) is 6. The molecule has 15 amide bonds. The van der Waals surface area contributed by atoms with E-state index in [0.29, 0.717) is 16.7 Å². The fourth-order valence-electron chi connectivity index (χ4n) is 19.5. The lowest BCUT2D eigenvalue weighted by atomic mass is 9.66. The highest BCUT2D eigenvalue weighted by atomic mass is 19.1. The summed E-state index contributed by atoms with van der Waals surface area (Å²) in [6, 6.07) is 4.47. The zero-order chi connectivity index (χ0) is 82.9. The maximum atomic E-state index is 16.4. The Labute approximate surface area is 662 Å². The number of nitrogens with zero attached hydrogens (tertiary/aromatic N) is 11. The summed E-state index contributed by atoms with van der Waals surface area (Å²) in [5.41, 5.74) is -3.03. The number of urea groups is 3. The number of hydrogen-bond donors (Lipinski definition) is 6. The molecule has 3 aromatic carbocycles. The molecule has 5 aromatic heterocycles.